The molecule has 11 heteroatoms. The lowest BCUT2D eigenvalue weighted by atomic mass is 10.1. The number of amides is 2. The van der Waals surface area contributed by atoms with E-state index in [1.165, 1.54) is 31.4 Å². The first-order chi connectivity index (χ1) is 17.3. The Hall–Kier alpha value is -3.53. The third-order valence-electron chi connectivity index (χ3n) is 5.28. The molecule has 184 valence electrons. The lowest BCUT2D eigenvalue weighted by molar-refractivity contribution is -0.384. The van der Waals surface area contributed by atoms with Crippen molar-refractivity contribution in [1.29, 1.82) is 0 Å². The number of hydrogen-bond acceptors (Lipinski definition) is 7. The van der Waals surface area contributed by atoms with Crippen molar-refractivity contribution in [1.82, 2.24) is 4.90 Å². The zero-order chi connectivity index (χ0) is 25.8. The molecule has 1 aliphatic heterocycles. The van der Waals surface area contributed by atoms with Gasteiger partial charge in [-0.25, -0.2) is 0 Å². The number of ether oxygens (including phenoxy) is 2. The van der Waals surface area contributed by atoms with Gasteiger partial charge in [0.15, 0.2) is 11.5 Å². The molecule has 8 nitrogen and oxygen atoms in total. The molecule has 0 radical (unpaired) electrons. The van der Waals surface area contributed by atoms with Gasteiger partial charge in [0.25, 0.3) is 16.8 Å². The Labute approximate surface area is 220 Å². The van der Waals surface area contributed by atoms with Crippen LogP contribution in [0.5, 0.6) is 11.5 Å². The van der Waals surface area contributed by atoms with Crippen LogP contribution in [0.15, 0.2) is 65.6 Å². The highest BCUT2D eigenvalue weighted by Crippen LogP contribution is 2.36. The van der Waals surface area contributed by atoms with Crippen LogP contribution in [-0.4, -0.2) is 28.1 Å². The number of methoxy groups -OCH3 is 1. The molecule has 2 amide bonds. The van der Waals surface area contributed by atoms with Gasteiger partial charge in [0.05, 0.1) is 23.5 Å². The number of nitrogens with zero attached hydrogens (tertiary/aromatic N) is 2. The Morgan fingerprint density at radius 3 is 2.36 bits per heavy atom. The van der Waals surface area contributed by atoms with Gasteiger partial charge in [0, 0.05) is 27.7 Å². The van der Waals surface area contributed by atoms with Crippen LogP contribution in [0.3, 0.4) is 0 Å². The molecule has 3 aromatic carbocycles. The molecular weight excluding hydrogens is 527 g/mol. The molecule has 0 aliphatic carbocycles. The van der Waals surface area contributed by atoms with Crippen LogP contribution < -0.4 is 9.47 Å². The maximum Gasteiger partial charge on any atom is 0.293 e. The van der Waals surface area contributed by atoms with Crippen LogP contribution in [0.1, 0.15) is 16.7 Å². The van der Waals surface area contributed by atoms with Crippen molar-refractivity contribution in [3.05, 3.63) is 102 Å². The number of nitro benzene ring substituents is 1. The number of benzene rings is 3. The molecule has 1 saturated heterocycles. The van der Waals surface area contributed by atoms with Gasteiger partial charge in [0.2, 0.25) is 0 Å². The fraction of sp³-hybridized carbons (Fsp3) is 0.120. The average Bonchev–Trinajstić information content (AvgIpc) is 3.11. The SMILES string of the molecule is COc1ccc(/C=C2\SC(=O)N(Cc3ccc([N+](=O)[O-])cc3)C2=O)cc1OCc1c(Cl)cccc1Cl. The van der Waals surface area contributed by atoms with Gasteiger partial charge in [-0.15, -0.1) is 0 Å². The number of imide groups is 1. The molecule has 0 N–H and O–H groups in total. The van der Waals surface area contributed by atoms with Crippen LogP contribution >= 0.6 is 35.0 Å². The first kappa shape index (κ1) is 25.6. The topological polar surface area (TPSA) is 99.0 Å². The smallest absolute Gasteiger partial charge is 0.293 e. The van der Waals surface area contributed by atoms with E-state index in [-0.39, 0.29) is 23.7 Å². The van der Waals surface area contributed by atoms with Crippen molar-refractivity contribution in [2.75, 3.05) is 7.11 Å². The van der Waals surface area contributed by atoms with Crippen molar-refractivity contribution in [3.8, 4) is 11.5 Å². The van der Waals surface area contributed by atoms with E-state index in [2.05, 4.69) is 0 Å². The molecule has 0 saturated carbocycles. The number of hydrogen-bond donors (Lipinski definition) is 0. The molecular formula is C25H18Cl2N2O6S. The summed E-state index contributed by atoms with van der Waals surface area (Å²) in [6.07, 6.45) is 1.59. The van der Waals surface area contributed by atoms with E-state index in [1.807, 2.05) is 0 Å². The van der Waals surface area contributed by atoms with E-state index < -0.39 is 16.1 Å². The molecule has 1 heterocycles. The summed E-state index contributed by atoms with van der Waals surface area (Å²) in [5.41, 5.74) is 1.78. The van der Waals surface area contributed by atoms with E-state index in [0.29, 0.717) is 38.2 Å². The quantitative estimate of drug-likeness (QED) is 0.176. The summed E-state index contributed by atoms with van der Waals surface area (Å²) in [4.78, 5) is 37.1. The molecule has 1 aliphatic rings. The Morgan fingerprint density at radius 2 is 1.72 bits per heavy atom. The maximum absolute atomic E-state index is 12.9. The molecule has 0 spiro atoms. The number of halogens is 2. The zero-order valence-electron chi connectivity index (χ0n) is 18.8. The lowest BCUT2D eigenvalue weighted by Gasteiger charge is -2.13. The summed E-state index contributed by atoms with van der Waals surface area (Å²) in [7, 11) is 1.51. The Morgan fingerprint density at radius 1 is 1.03 bits per heavy atom. The second kappa shape index (κ2) is 11.0. The first-order valence-electron chi connectivity index (χ1n) is 10.5. The van der Waals surface area contributed by atoms with E-state index in [0.717, 1.165) is 16.7 Å². The van der Waals surface area contributed by atoms with Gasteiger partial charge < -0.3 is 9.47 Å². The standard InChI is InChI=1S/C25H18Cl2N2O6S/c1-34-21-10-7-16(11-22(21)35-14-18-19(26)3-2-4-20(18)27)12-23-24(30)28(25(31)36-23)13-15-5-8-17(9-6-15)29(32)33/h2-12H,13-14H2,1H3/b23-12-. The number of carbonyl (C=O) groups is 2. The summed E-state index contributed by atoms with van der Waals surface area (Å²) < 4.78 is 11.3. The van der Waals surface area contributed by atoms with Crippen molar-refractivity contribution in [2.24, 2.45) is 0 Å². The molecule has 4 rings (SSSR count). The van der Waals surface area contributed by atoms with E-state index in [1.54, 1.807) is 42.5 Å². The highest BCUT2D eigenvalue weighted by molar-refractivity contribution is 8.18. The molecule has 0 aromatic heterocycles. The first-order valence-corrected chi connectivity index (χ1v) is 12.1. The monoisotopic (exact) mass is 544 g/mol. The van der Waals surface area contributed by atoms with Crippen molar-refractivity contribution in [3.63, 3.8) is 0 Å². The van der Waals surface area contributed by atoms with Gasteiger partial charge in [-0.2, -0.15) is 0 Å². The summed E-state index contributed by atoms with van der Waals surface area (Å²) >= 11 is 13.3. The number of non-ortho nitro benzene ring substituents is 1. The Kier molecular flexibility index (Phi) is 7.83. The van der Waals surface area contributed by atoms with E-state index in [4.69, 9.17) is 32.7 Å². The molecule has 0 unspecified atom stereocenters. The minimum Gasteiger partial charge on any atom is -0.493 e. The predicted molar refractivity (Wildman–Crippen MR) is 138 cm³/mol. The predicted octanol–water partition coefficient (Wildman–Crippen LogP) is 6.73. The lowest BCUT2D eigenvalue weighted by Crippen LogP contribution is -2.27. The van der Waals surface area contributed by atoms with Crippen LogP contribution in [0, 0.1) is 10.1 Å². The summed E-state index contributed by atoms with van der Waals surface area (Å²) in [6.45, 7) is 0.111. The fourth-order valence-electron chi connectivity index (χ4n) is 3.41. The maximum atomic E-state index is 12.9. The normalized spacial score (nSPS) is 14.4. The average molecular weight is 545 g/mol. The van der Waals surface area contributed by atoms with Crippen molar-refractivity contribution >= 4 is 57.9 Å². The number of thioether (sulfide) groups is 1. The molecule has 0 bridgehead atoms. The number of carbonyl (C=O) groups excluding carboxylic acids is 2. The third-order valence-corrected chi connectivity index (χ3v) is 6.90. The minimum atomic E-state index is -0.511. The van der Waals surface area contributed by atoms with Gasteiger partial charge >= 0.3 is 0 Å². The zero-order valence-corrected chi connectivity index (χ0v) is 21.1. The van der Waals surface area contributed by atoms with Gasteiger partial charge in [-0.3, -0.25) is 24.6 Å². The van der Waals surface area contributed by atoms with E-state index >= 15 is 0 Å². The second-order valence-electron chi connectivity index (χ2n) is 7.59. The molecule has 36 heavy (non-hydrogen) atoms. The van der Waals surface area contributed by atoms with Gasteiger partial charge in [-0.05, 0) is 53.2 Å². The van der Waals surface area contributed by atoms with Gasteiger partial charge in [-0.1, -0.05) is 47.5 Å². The number of nitro groups is 1. The van der Waals surface area contributed by atoms with Crippen molar-refractivity contribution < 1.29 is 24.0 Å². The Balaban J connectivity index is 1.52. The van der Waals surface area contributed by atoms with Crippen molar-refractivity contribution in [2.45, 2.75) is 13.2 Å². The third kappa shape index (κ3) is 5.64. The fourth-order valence-corrected chi connectivity index (χ4v) is 4.75. The minimum absolute atomic E-state index is 0.00949. The molecule has 3 aromatic rings. The van der Waals surface area contributed by atoms with Gasteiger partial charge in [0.1, 0.15) is 6.61 Å². The van der Waals surface area contributed by atoms with Crippen LogP contribution in [-0.2, 0) is 17.9 Å². The molecule has 1 fully saturated rings. The highest BCUT2D eigenvalue weighted by atomic mass is 35.5. The van der Waals surface area contributed by atoms with E-state index in [9.17, 15) is 19.7 Å². The van der Waals surface area contributed by atoms with Crippen LogP contribution in [0.2, 0.25) is 10.0 Å². The second-order valence-corrected chi connectivity index (χ2v) is 9.40. The largest absolute Gasteiger partial charge is 0.493 e. The van der Waals surface area contributed by atoms with Crippen LogP contribution in [0.25, 0.3) is 6.08 Å². The summed E-state index contributed by atoms with van der Waals surface area (Å²) in [5, 5.41) is 11.3. The Bertz CT molecular complexity index is 1360. The summed E-state index contributed by atoms with van der Waals surface area (Å²) in [5.74, 6) is 0.429. The van der Waals surface area contributed by atoms with Crippen LogP contribution in [0.4, 0.5) is 10.5 Å². The number of rotatable bonds is 8. The molecule has 0 atom stereocenters. The summed E-state index contributed by atoms with van der Waals surface area (Å²) in [6, 6.07) is 16.0. The highest BCUT2D eigenvalue weighted by Gasteiger charge is 2.35.